The molecule has 5 fully saturated rings. The van der Waals surface area contributed by atoms with Crippen LogP contribution < -0.4 is 5.32 Å². The van der Waals surface area contributed by atoms with Crippen molar-refractivity contribution in [3.05, 3.63) is 75.0 Å². The van der Waals surface area contributed by atoms with E-state index in [4.69, 9.17) is 28.2 Å². The number of pyridine rings is 1. The lowest BCUT2D eigenvalue weighted by molar-refractivity contribution is -0.133. The van der Waals surface area contributed by atoms with Crippen LogP contribution in [0.4, 0.5) is 4.39 Å². The molecule has 9 nitrogen and oxygen atoms in total. The molecular weight excluding hydrogens is 662 g/mol. The number of nitrogens with zero attached hydrogens (tertiary/aromatic N) is 7. The number of nitriles is 1. The van der Waals surface area contributed by atoms with Crippen molar-refractivity contribution in [2.75, 3.05) is 13.1 Å². The highest BCUT2D eigenvalue weighted by Crippen LogP contribution is 2.52. The maximum Gasteiger partial charge on any atom is 0.226 e. The number of aromatic nitrogens is 5. The summed E-state index contributed by atoms with van der Waals surface area (Å²) in [5, 5.41) is 24.2. The van der Waals surface area contributed by atoms with Crippen LogP contribution in [-0.4, -0.2) is 54.5 Å². The Labute approximate surface area is 293 Å². The summed E-state index contributed by atoms with van der Waals surface area (Å²) < 4.78 is 21.5. The van der Waals surface area contributed by atoms with Gasteiger partial charge >= 0.3 is 0 Å². The Morgan fingerprint density at radius 2 is 2.00 bits per heavy atom. The predicted molar refractivity (Wildman–Crippen MR) is 186 cm³/mol. The van der Waals surface area contributed by atoms with Gasteiger partial charge in [0.25, 0.3) is 0 Å². The van der Waals surface area contributed by atoms with Crippen LogP contribution in [-0.2, 0) is 11.2 Å². The highest BCUT2D eigenvalue weighted by molar-refractivity contribution is 6.43. The van der Waals surface area contributed by atoms with E-state index < -0.39 is 5.82 Å². The second-order valence-electron chi connectivity index (χ2n) is 14.3. The molecule has 1 N–H and O–H groups in total. The number of carbonyl (C=O) groups excluding carboxylic acids is 1. The first kappa shape index (κ1) is 31.0. The number of rotatable bonds is 7. The molecule has 2 saturated carbocycles. The van der Waals surface area contributed by atoms with Gasteiger partial charge in [0.15, 0.2) is 5.82 Å². The number of carbonyl (C=O) groups is 1. The van der Waals surface area contributed by atoms with Crippen LogP contribution in [0, 0.1) is 42.8 Å². The van der Waals surface area contributed by atoms with Gasteiger partial charge in [-0.25, -0.2) is 14.1 Å². The zero-order valence-electron chi connectivity index (χ0n) is 27.3. The van der Waals surface area contributed by atoms with E-state index in [1.807, 2.05) is 30.8 Å². The molecule has 3 aliphatic heterocycles. The molecule has 2 bridgehead atoms. The summed E-state index contributed by atoms with van der Waals surface area (Å²) in [4.78, 5) is 20.9. The molecule has 1 amide bonds. The first-order valence-corrected chi connectivity index (χ1v) is 17.9. The van der Waals surface area contributed by atoms with Crippen molar-refractivity contribution >= 4 is 50.9 Å². The Hall–Kier alpha value is -4.04. The lowest BCUT2D eigenvalue weighted by Crippen LogP contribution is -2.41. The minimum atomic E-state index is -0.475. The fraction of sp³-hybridized carbons (Fsp3) is 0.432. The summed E-state index contributed by atoms with van der Waals surface area (Å²) in [6, 6.07) is 11.9. The molecule has 10 rings (SSSR count). The van der Waals surface area contributed by atoms with Gasteiger partial charge in [0.2, 0.25) is 5.91 Å². The van der Waals surface area contributed by atoms with Gasteiger partial charge in [-0.2, -0.15) is 5.26 Å². The second kappa shape index (κ2) is 11.5. The van der Waals surface area contributed by atoms with Crippen LogP contribution in [0.5, 0.6) is 0 Å². The number of hydrogen-bond acceptors (Lipinski definition) is 6. The number of halogens is 3. The van der Waals surface area contributed by atoms with Crippen molar-refractivity contribution in [2.24, 2.45) is 11.8 Å². The fourth-order valence-corrected chi connectivity index (χ4v) is 9.13. The topological polar surface area (TPSA) is 105 Å². The maximum absolute atomic E-state index is 17.1. The van der Waals surface area contributed by atoms with Crippen molar-refractivity contribution in [3.8, 4) is 17.2 Å². The Kier molecular flexibility index (Phi) is 7.28. The third-order valence-electron chi connectivity index (χ3n) is 11.3. The van der Waals surface area contributed by atoms with Gasteiger partial charge in [-0.05, 0) is 75.6 Å². The van der Waals surface area contributed by atoms with Crippen LogP contribution in [0.15, 0.2) is 36.5 Å². The summed E-state index contributed by atoms with van der Waals surface area (Å²) in [6.45, 7) is 5.35. The molecular formula is C37H35Cl2FN8O. The first-order chi connectivity index (χ1) is 23.7. The second-order valence-corrected chi connectivity index (χ2v) is 15.1. The Bertz CT molecular complexity index is 2220. The van der Waals surface area contributed by atoms with Gasteiger partial charge in [0, 0.05) is 71.0 Å². The maximum atomic E-state index is 17.1. The van der Waals surface area contributed by atoms with Crippen LogP contribution in [0.3, 0.4) is 0 Å². The van der Waals surface area contributed by atoms with Gasteiger partial charge in [-0.3, -0.25) is 4.79 Å². The zero-order valence-corrected chi connectivity index (χ0v) is 28.8. The minimum absolute atomic E-state index is 0.00685. The van der Waals surface area contributed by atoms with E-state index in [0.29, 0.717) is 52.4 Å². The number of amides is 1. The molecule has 12 heteroatoms. The third-order valence-corrected chi connectivity index (χ3v) is 12.1. The lowest BCUT2D eigenvalue weighted by atomic mass is 9.79. The Morgan fingerprint density at radius 3 is 2.69 bits per heavy atom. The molecule has 250 valence electrons. The summed E-state index contributed by atoms with van der Waals surface area (Å²) in [6.07, 6.45) is 6.14. The highest BCUT2D eigenvalue weighted by Gasteiger charge is 2.51. The number of aryl methyl sites for hydroxylation is 3. The van der Waals surface area contributed by atoms with Gasteiger partial charge in [-0.15, -0.1) is 5.10 Å². The number of hydrogen-bond donors (Lipinski definition) is 1. The summed E-state index contributed by atoms with van der Waals surface area (Å²) in [5.41, 5.74) is 5.30. The van der Waals surface area contributed by atoms with Crippen LogP contribution in [0.1, 0.15) is 72.9 Å². The molecule has 6 heterocycles. The Morgan fingerprint density at radius 1 is 1.16 bits per heavy atom. The molecule has 49 heavy (non-hydrogen) atoms. The van der Waals surface area contributed by atoms with E-state index in [0.717, 1.165) is 53.8 Å². The fourth-order valence-electron chi connectivity index (χ4n) is 8.74. The van der Waals surface area contributed by atoms with Crippen molar-refractivity contribution < 1.29 is 9.18 Å². The van der Waals surface area contributed by atoms with E-state index in [1.165, 1.54) is 0 Å². The van der Waals surface area contributed by atoms with E-state index in [2.05, 4.69) is 37.2 Å². The average Bonchev–Trinajstić information content (AvgIpc) is 3.54. The molecule has 3 aromatic heterocycles. The number of likely N-dealkylation sites (tertiary alicyclic amines) is 1. The molecule has 3 saturated heterocycles. The summed E-state index contributed by atoms with van der Waals surface area (Å²) >= 11 is 13.1. The van der Waals surface area contributed by atoms with Crippen molar-refractivity contribution in [1.29, 1.82) is 5.26 Å². The average molecular weight is 698 g/mol. The molecule has 5 unspecified atom stereocenters. The van der Waals surface area contributed by atoms with Gasteiger partial charge in [0.05, 0.1) is 45.5 Å². The minimum Gasteiger partial charge on any atom is -0.337 e. The summed E-state index contributed by atoms with van der Waals surface area (Å²) in [7, 11) is 0. The highest BCUT2D eigenvalue weighted by atomic mass is 35.5. The van der Waals surface area contributed by atoms with E-state index in [-0.39, 0.29) is 53.0 Å². The molecule has 2 aliphatic carbocycles. The summed E-state index contributed by atoms with van der Waals surface area (Å²) in [5.74, 6) is 0.217. The SMILES string of the molecule is Cc1cn(C2CC(c3cc4c(C)nc5c(F)c(-c6cccc(Cl)c6Cl)c(CCC#N)cc5c4n3C3C4CNC3C4)N(C(=O)C3CC3)C2)nn1. The van der Waals surface area contributed by atoms with E-state index >= 15 is 4.39 Å². The molecule has 5 aliphatic rings. The standard InChI is InChI=1S/C37H35Cl2FN8O/c1-18-16-47(45-44-18)23-13-29(46(17-23)37(49)20-8-9-20)30-14-25-19(2)43-34-26(36(25)48(30)35-22-12-28(35)42-15-22)11-21(5-4-10-41)31(33(34)40)24-6-3-7-27(38)32(24)39/h3,6-7,11,14,16,20,22-23,28-29,35,42H,4-5,8-9,12-13,15,17H2,1-2H3. The predicted octanol–water partition coefficient (Wildman–Crippen LogP) is 7.42. The smallest absolute Gasteiger partial charge is 0.226 e. The molecule has 0 spiro atoms. The number of nitrogens with one attached hydrogen (secondary N) is 1. The molecule has 5 aromatic rings. The number of fused-ring (bicyclic) bond motifs is 4. The quantitative estimate of drug-likeness (QED) is 0.190. The first-order valence-electron chi connectivity index (χ1n) is 17.1. The number of benzene rings is 2. The van der Waals surface area contributed by atoms with Crippen molar-refractivity contribution in [2.45, 2.75) is 76.5 Å². The molecule has 5 atom stereocenters. The molecule has 0 radical (unpaired) electrons. The van der Waals surface area contributed by atoms with Crippen molar-refractivity contribution in [3.63, 3.8) is 0 Å². The largest absolute Gasteiger partial charge is 0.337 e. The normalized spacial score (nSPS) is 24.6. The van der Waals surface area contributed by atoms with Crippen LogP contribution in [0.25, 0.3) is 32.9 Å². The van der Waals surface area contributed by atoms with Gasteiger partial charge < -0.3 is 14.8 Å². The van der Waals surface area contributed by atoms with Crippen molar-refractivity contribution in [1.82, 2.24) is 34.8 Å². The van der Waals surface area contributed by atoms with E-state index in [9.17, 15) is 10.1 Å². The van der Waals surface area contributed by atoms with E-state index in [1.54, 1.807) is 18.2 Å². The zero-order chi connectivity index (χ0) is 33.7. The van der Waals surface area contributed by atoms with Gasteiger partial charge in [0.1, 0.15) is 5.52 Å². The Balaban J connectivity index is 1.30. The molecule has 2 aromatic carbocycles. The monoisotopic (exact) mass is 696 g/mol. The van der Waals surface area contributed by atoms with Gasteiger partial charge in [-0.1, -0.05) is 40.5 Å². The van der Waals surface area contributed by atoms with Crippen LogP contribution in [0.2, 0.25) is 10.0 Å². The lowest BCUT2D eigenvalue weighted by Gasteiger charge is -2.39. The third kappa shape index (κ3) is 4.80. The van der Waals surface area contributed by atoms with Crippen LogP contribution >= 0.6 is 23.2 Å².